The summed E-state index contributed by atoms with van der Waals surface area (Å²) in [7, 11) is 0. The van der Waals surface area contributed by atoms with E-state index in [1.807, 2.05) is 6.07 Å². The number of hydrogen-bond donors (Lipinski definition) is 1. The molecule has 2 nitrogen and oxygen atoms in total. The summed E-state index contributed by atoms with van der Waals surface area (Å²) in [4.78, 5) is 3.30. The van der Waals surface area contributed by atoms with Gasteiger partial charge in [0, 0.05) is 16.4 Å². The third-order valence-corrected chi connectivity index (χ3v) is 4.79. The van der Waals surface area contributed by atoms with E-state index in [9.17, 15) is 0 Å². The molecule has 20 heavy (non-hydrogen) atoms. The smallest absolute Gasteiger partial charge is 0.178 e. The fourth-order valence-corrected chi connectivity index (χ4v) is 3.64. The first-order valence-electron chi connectivity index (χ1n) is 6.69. The van der Waals surface area contributed by atoms with Crippen molar-refractivity contribution in [1.29, 1.82) is 0 Å². The summed E-state index contributed by atoms with van der Waals surface area (Å²) in [5.74, 6) is 0.584. The summed E-state index contributed by atoms with van der Waals surface area (Å²) in [5.41, 5.74) is 3.70. The average molecular weight is 345 g/mol. The van der Waals surface area contributed by atoms with Gasteiger partial charge in [-0.15, -0.1) is 0 Å². The number of H-pyrrole nitrogens is 1. The number of aromatic nitrogens is 2. The maximum absolute atomic E-state index is 5.51. The molecule has 1 aliphatic carbocycles. The van der Waals surface area contributed by atoms with E-state index in [1.165, 1.54) is 11.1 Å². The number of aromatic amines is 1. The van der Waals surface area contributed by atoms with Crippen LogP contribution in [-0.4, -0.2) is 9.55 Å². The van der Waals surface area contributed by atoms with E-state index in [-0.39, 0.29) is 0 Å². The summed E-state index contributed by atoms with van der Waals surface area (Å²) in [6.45, 7) is 0. The Morgan fingerprint density at radius 3 is 2.75 bits per heavy atom. The standard InChI is InChI=1S/C16H13BrN2S/c17-11-6-7-13-15(8-11)19(16(20)18-13)14-9-12(14)10-4-2-1-3-5-10/h1-8,12,14H,9H2,(H,18,20). The van der Waals surface area contributed by atoms with Crippen LogP contribution in [0, 0.1) is 4.77 Å². The summed E-state index contributed by atoms with van der Waals surface area (Å²) >= 11 is 9.05. The molecule has 0 bridgehead atoms. The fourth-order valence-electron chi connectivity index (χ4n) is 2.95. The molecular weight excluding hydrogens is 332 g/mol. The van der Waals surface area contributed by atoms with Gasteiger partial charge in [0.25, 0.3) is 0 Å². The van der Waals surface area contributed by atoms with Gasteiger partial charge < -0.3 is 9.55 Å². The predicted molar refractivity (Wildman–Crippen MR) is 87.7 cm³/mol. The first-order valence-corrected chi connectivity index (χ1v) is 7.89. The van der Waals surface area contributed by atoms with Crippen molar-refractivity contribution in [1.82, 2.24) is 9.55 Å². The molecule has 1 aliphatic rings. The SMILES string of the molecule is S=c1[nH]c2ccc(Br)cc2n1C1CC1c1ccccc1. The normalized spacial score (nSPS) is 21.2. The highest BCUT2D eigenvalue weighted by Crippen LogP contribution is 2.52. The van der Waals surface area contributed by atoms with Crippen molar-refractivity contribution in [2.45, 2.75) is 18.4 Å². The molecule has 2 aromatic carbocycles. The molecule has 1 N–H and O–H groups in total. The van der Waals surface area contributed by atoms with Crippen molar-refractivity contribution in [3.8, 4) is 0 Å². The quantitative estimate of drug-likeness (QED) is 0.634. The molecule has 0 saturated heterocycles. The van der Waals surface area contributed by atoms with Crippen molar-refractivity contribution in [3.05, 3.63) is 63.3 Å². The zero-order valence-electron chi connectivity index (χ0n) is 10.7. The van der Waals surface area contributed by atoms with Gasteiger partial charge in [0.2, 0.25) is 0 Å². The number of rotatable bonds is 2. The van der Waals surface area contributed by atoms with Gasteiger partial charge in [-0.1, -0.05) is 46.3 Å². The minimum atomic E-state index is 0.480. The number of benzene rings is 2. The first kappa shape index (κ1) is 12.4. The molecule has 0 amide bonds. The average Bonchev–Trinajstić information content (AvgIpc) is 3.17. The lowest BCUT2D eigenvalue weighted by Crippen LogP contribution is -1.96. The van der Waals surface area contributed by atoms with E-state index in [0.29, 0.717) is 12.0 Å². The van der Waals surface area contributed by atoms with Gasteiger partial charge in [-0.05, 0) is 42.4 Å². The third kappa shape index (κ3) is 1.95. The Morgan fingerprint density at radius 1 is 1.15 bits per heavy atom. The van der Waals surface area contributed by atoms with Crippen LogP contribution in [0.15, 0.2) is 53.0 Å². The highest BCUT2D eigenvalue weighted by Gasteiger charge is 2.40. The maximum Gasteiger partial charge on any atom is 0.178 e. The van der Waals surface area contributed by atoms with Crippen molar-refractivity contribution < 1.29 is 0 Å². The monoisotopic (exact) mass is 344 g/mol. The molecule has 1 saturated carbocycles. The Morgan fingerprint density at radius 2 is 1.95 bits per heavy atom. The van der Waals surface area contributed by atoms with E-state index in [0.717, 1.165) is 21.2 Å². The number of nitrogens with one attached hydrogen (secondary N) is 1. The first-order chi connectivity index (χ1) is 9.74. The van der Waals surface area contributed by atoms with Crippen LogP contribution in [-0.2, 0) is 0 Å². The predicted octanol–water partition coefficient (Wildman–Crippen LogP) is 5.19. The maximum atomic E-state index is 5.51. The molecule has 0 aliphatic heterocycles. The van der Waals surface area contributed by atoms with Crippen molar-refractivity contribution in [2.24, 2.45) is 0 Å². The Labute approximate surface area is 130 Å². The van der Waals surface area contributed by atoms with Crippen LogP contribution < -0.4 is 0 Å². The van der Waals surface area contributed by atoms with Gasteiger partial charge in [0.1, 0.15) is 0 Å². The second-order valence-electron chi connectivity index (χ2n) is 5.28. The van der Waals surface area contributed by atoms with Crippen LogP contribution in [0.2, 0.25) is 0 Å². The number of nitrogens with zero attached hydrogens (tertiary/aromatic N) is 1. The van der Waals surface area contributed by atoms with Gasteiger partial charge in [-0.25, -0.2) is 0 Å². The summed E-state index contributed by atoms with van der Waals surface area (Å²) in [6, 6.07) is 17.4. The highest BCUT2D eigenvalue weighted by atomic mass is 79.9. The van der Waals surface area contributed by atoms with E-state index >= 15 is 0 Å². The number of imidazole rings is 1. The van der Waals surface area contributed by atoms with Crippen LogP contribution in [0.3, 0.4) is 0 Å². The van der Waals surface area contributed by atoms with Gasteiger partial charge >= 0.3 is 0 Å². The van der Waals surface area contributed by atoms with Gasteiger partial charge in [-0.2, -0.15) is 0 Å². The van der Waals surface area contributed by atoms with Crippen LogP contribution in [0.25, 0.3) is 11.0 Å². The molecule has 1 aromatic heterocycles. The van der Waals surface area contributed by atoms with Crippen molar-refractivity contribution in [2.75, 3.05) is 0 Å². The van der Waals surface area contributed by atoms with Crippen molar-refractivity contribution in [3.63, 3.8) is 0 Å². The second-order valence-corrected chi connectivity index (χ2v) is 6.58. The van der Waals surface area contributed by atoms with E-state index < -0.39 is 0 Å². The molecule has 0 spiro atoms. The van der Waals surface area contributed by atoms with Crippen LogP contribution in [0.5, 0.6) is 0 Å². The molecule has 3 aromatic rings. The molecule has 4 heteroatoms. The van der Waals surface area contributed by atoms with Gasteiger partial charge in [0.05, 0.1) is 11.0 Å². The zero-order chi connectivity index (χ0) is 13.7. The lowest BCUT2D eigenvalue weighted by molar-refractivity contribution is 0.728. The minimum Gasteiger partial charge on any atom is -0.331 e. The molecular formula is C16H13BrN2S. The Hall–Kier alpha value is -1.39. The number of fused-ring (bicyclic) bond motifs is 1. The summed E-state index contributed by atoms with van der Waals surface area (Å²) < 4.78 is 4.18. The molecule has 1 heterocycles. The lowest BCUT2D eigenvalue weighted by Gasteiger charge is -2.04. The highest BCUT2D eigenvalue weighted by molar-refractivity contribution is 9.10. The molecule has 0 radical (unpaired) electrons. The minimum absolute atomic E-state index is 0.480. The Balaban J connectivity index is 1.79. The topological polar surface area (TPSA) is 20.7 Å². The Bertz CT molecular complexity index is 835. The van der Waals surface area contributed by atoms with E-state index in [2.05, 4.69) is 67.9 Å². The molecule has 2 atom stereocenters. The summed E-state index contributed by atoms with van der Waals surface area (Å²) in [6.07, 6.45) is 1.16. The third-order valence-electron chi connectivity index (χ3n) is 4.00. The van der Waals surface area contributed by atoms with Crippen LogP contribution in [0.4, 0.5) is 0 Å². The Kier molecular flexibility index (Phi) is 2.82. The van der Waals surface area contributed by atoms with Crippen LogP contribution in [0.1, 0.15) is 23.9 Å². The van der Waals surface area contributed by atoms with E-state index in [4.69, 9.17) is 12.2 Å². The summed E-state index contributed by atoms with van der Waals surface area (Å²) in [5, 5.41) is 0. The number of hydrogen-bond acceptors (Lipinski definition) is 1. The molecule has 4 rings (SSSR count). The molecule has 1 fully saturated rings. The van der Waals surface area contributed by atoms with Crippen LogP contribution >= 0.6 is 28.1 Å². The number of halogens is 1. The zero-order valence-corrected chi connectivity index (χ0v) is 13.1. The van der Waals surface area contributed by atoms with Crippen molar-refractivity contribution >= 4 is 39.2 Å². The fraction of sp³-hybridized carbons (Fsp3) is 0.188. The molecule has 2 unspecified atom stereocenters. The van der Waals surface area contributed by atoms with E-state index in [1.54, 1.807) is 0 Å². The largest absolute Gasteiger partial charge is 0.331 e. The van der Waals surface area contributed by atoms with Gasteiger partial charge in [-0.3, -0.25) is 0 Å². The van der Waals surface area contributed by atoms with Gasteiger partial charge in [0.15, 0.2) is 4.77 Å². The second kappa shape index (κ2) is 4.57. The lowest BCUT2D eigenvalue weighted by atomic mass is 10.1. The molecule has 100 valence electrons.